The molecule has 1 saturated carbocycles. The molecule has 12 heteroatoms. The molecule has 2 N–H and O–H groups in total. The van der Waals surface area contributed by atoms with E-state index in [9.17, 15) is 5.26 Å². The second-order valence-corrected chi connectivity index (χ2v) is 11.1. The minimum absolute atomic E-state index is 0.000473. The maximum atomic E-state index is 9.74. The minimum atomic E-state index is -0.000473. The van der Waals surface area contributed by atoms with Crippen LogP contribution in [0.25, 0.3) is 10.5 Å². The quantitative estimate of drug-likeness (QED) is 0.432. The van der Waals surface area contributed by atoms with E-state index in [2.05, 4.69) is 60.3 Å². The van der Waals surface area contributed by atoms with Gasteiger partial charge >= 0.3 is 0 Å². The average Bonchev–Trinajstić information content (AvgIpc) is 3.60. The van der Waals surface area contributed by atoms with Crippen LogP contribution in [0.1, 0.15) is 38.7 Å². The lowest BCUT2D eigenvalue weighted by molar-refractivity contribution is -0.190. The first-order valence-corrected chi connectivity index (χ1v) is 13.3. The molecular formula is C26H29ClN10O. The molecule has 196 valence electrons. The Morgan fingerprint density at radius 3 is 2.68 bits per heavy atom. The maximum absolute atomic E-state index is 9.74. The molecule has 0 bridgehead atoms. The topological polar surface area (TPSA) is 111 Å². The Morgan fingerprint density at radius 2 is 2.03 bits per heavy atom. The second-order valence-electron chi connectivity index (χ2n) is 10.8. The van der Waals surface area contributed by atoms with Gasteiger partial charge in [-0.05, 0) is 38.8 Å². The van der Waals surface area contributed by atoms with Crippen molar-refractivity contribution in [3.63, 3.8) is 0 Å². The summed E-state index contributed by atoms with van der Waals surface area (Å²) in [6.07, 6.45) is 4.99. The van der Waals surface area contributed by atoms with Gasteiger partial charge in [0.05, 0.1) is 45.9 Å². The van der Waals surface area contributed by atoms with Crippen molar-refractivity contribution >= 4 is 46.2 Å². The number of rotatable bonds is 7. The van der Waals surface area contributed by atoms with Crippen LogP contribution >= 0.6 is 11.6 Å². The standard InChI is InChI=1S/C26H29ClN10O/c1-26(2)12-18(38-26)15-35-6-8-36(9-7-35)20-11-16(13-28)10-19(22(20)27)32-25-33-23(31-17-4-5-17)24-30-14-21(29-3)37(24)34-25/h10-11,14,17-18H,4-9,12,15H2,1-2H3,(H2,31,32,33,34). The van der Waals surface area contributed by atoms with E-state index in [0.717, 1.165) is 57.7 Å². The normalized spacial score (nSPS) is 21.0. The number of fused-ring (bicyclic) bond motifs is 1. The van der Waals surface area contributed by atoms with Crippen LogP contribution in [0.5, 0.6) is 0 Å². The second kappa shape index (κ2) is 9.59. The highest BCUT2D eigenvalue weighted by atomic mass is 35.5. The van der Waals surface area contributed by atoms with E-state index in [4.69, 9.17) is 22.9 Å². The largest absolute Gasteiger partial charge is 0.371 e. The Morgan fingerprint density at radius 1 is 1.26 bits per heavy atom. The summed E-state index contributed by atoms with van der Waals surface area (Å²) in [5.74, 6) is 1.11. The molecule has 1 aliphatic carbocycles. The molecule has 0 radical (unpaired) electrons. The number of nitrogens with one attached hydrogen (secondary N) is 2. The van der Waals surface area contributed by atoms with Gasteiger partial charge in [-0.3, -0.25) is 4.90 Å². The van der Waals surface area contributed by atoms with Gasteiger partial charge in [0.2, 0.25) is 0 Å². The number of ether oxygens (including phenoxy) is 1. The van der Waals surface area contributed by atoms with Crippen molar-refractivity contribution in [1.29, 1.82) is 5.26 Å². The van der Waals surface area contributed by atoms with Gasteiger partial charge in [-0.2, -0.15) is 10.2 Å². The summed E-state index contributed by atoms with van der Waals surface area (Å²) in [7, 11) is 0. The van der Waals surface area contributed by atoms with Crippen LogP contribution in [0.15, 0.2) is 18.3 Å². The molecule has 2 aliphatic heterocycles. The number of anilines is 4. The maximum Gasteiger partial charge on any atom is 0.275 e. The molecule has 6 rings (SSSR count). The molecule has 4 heterocycles. The Bertz CT molecular complexity index is 1450. The molecule has 3 aromatic rings. The van der Waals surface area contributed by atoms with Crippen LogP contribution in [0, 0.1) is 17.9 Å². The van der Waals surface area contributed by atoms with Gasteiger partial charge in [-0.1, -0.05) is 23.3 Å². The van der Waals surface area contributed by atoms with Crippen LogP contribution in [0.3, 0.4) is 0 Å². The summed E-state index contributed by atoms with van der Waals surface area (Å²) in [4.78, 5) is 17.1. The van der Waals surface area contributed by atoms with Gasteiger partial charge in [0, 0.05) is 45.2 Å². The highest BCUT2D eigenvalue weighted by Crippen LogP contribution is 2.37. The molecule has 1 aromatic carbocycles. The van der Waals surface area contributed by atoms with E-state index < -0.39 is 0 Å². The molecule has 1 unspecified atom stereocenters. The first-order valence-electron chi connectivity index (χ1n) is 12.9. The van der Waals surface area contributed by atoms with Crippen LogP contribution in [0.2, 0.25) is 5.02 Å². The van der Waals surface area contributed by atoms with E-state index in [0.29, 0.717) is 39.9 Å². The molecule has 1 atom stereocenters. The first-order chi connectivity index (χ1) is 18.3. The number of benzene rings is 1. The summed E-state index contributed by atoms with van der Waals surface area (Å²) in [6, 6.07) is 6.12. The van der Waals surface area contributed by atoms with Gasteiger partial charge < -0.3 is 25.1 Å². The van der Waals surface area contributed by atoms with Crippen molar-refractivity contribution in [2.45, 2.75) is 50.9 Å². The number of halogens is 1. The predicted molar refractivity (Wildman–Crippen MR) is 145 cm³/mol. The van der Waals surface area contributed by atoms with E-state index in [1.807, 2.05) is 6.07 Å². The third-order valence-electron chi connectivity index (χ3n) is 7.19. The summed E-state index contributed by atoms with van der Waals surface area (Å²) in [5.41, 5.74) is 2.32. The number of hydrogen-bond donors (Lipinski definition) is 2. The van der Waals surface area contributed by atoms with Gasteiger partial charge in [-0.15, -0.1) is 4.52 Å². The van der Waals surface area contributed by atoms with Crippen LogP contribution in [-0.4, -0.2) is 75.0 Å². The third-order valence-corrected chi connectivity index (χ3v) is 7.58. The van der Waals surface area contributed by atoms with Crippen molar-refractivity contribution < 1.29 is 4.74 Å². The molecule has 3 aliphatic rings. The summed E-state index contributed by atoms with van der Waals surface area (Å²) < 4.78 is 7.45. The number of nitriles is 1. The zero-order valence-corrected chi connectivity index (χ0v) is 22.2. The number of piperazine rings is 1. The smallest absolute Gasteiger partial charge is 0.275 e. The molecule has 0 amide bonds. The Hall–Kier alpha value is -3.64. The van der Waals surface area contributed by atoms with Gasteiger partial charge in [0.15, 0.2) is 5.82 Å². The van der Waals surface area contributed by atoms with Gasteiger partial charge in [0.25, 0.3) is 17.4 Å². The van der Waals surface area contributed by atoms with Crippen LogP contribution in [0.4, 0.5) is 29.0 Å². The highest BCUT2D eigenvalue weighted by molar-refractivity contribution is 6.36. The molecule has 0 spiro atoms. The highest BCUT2D eigenvalue weighted by Gasteiger charge is 2.38. The van der Waals surface area contributed by atoms with Gasteiger partial charge in [0.1, 0.15) is 0 Å². The van der Waals surface area contributed by atoms with Crippen molar-refractivity contribution in [3.05, 3.63) is 40.3 Å². The summed E-state index contributed by atoms with van der Waals surface area (Å²) in [6.45, 7) is 16.0. The minimum Gasteiger partial charge on any atom is -0.371 e. The lowest BCUT2D eigenvalue weighted by Gasteiger charge is -2.46. The molecule has 2 saturated heterocycles. The number of aromatic nitrogens is 4. The number of nitrogens with zero attached hydrogens (tertiary/aromatic N) is 8. The van der Waals surface area contributed by atoms with Crippen LogP contribution in [-0.2, 0) is 4.74 Å². The molecule has 38 heavy (non-hydrogen) atoms. The SMILES string of the molecule is [C-]#[N+]c1cnc2c(NC3CC3)nc(Nc3cc(C#N)cc(N4CCN(CC5CC(C)(C)O5)CC4)c3Cl)nn12. The van der Waals surface area contributed by atoms with E-state index in [1.165, 1.54) is 10.7 Å². The predicted octanol–water partition coefficient (Wildman–Crippen LogP) is 4.21. The first kappa shape index (κ1) is 24.7. The summed E-state index contributed by atoms with van der Waals surface area (Å²) in [5, 5.41) is 21.3. The lowest BCUT2D eigenvalue weighted by Crippen LogP contribution is -2.54. The lowest BCUT2D eigenvalue weighted by atomic mass is 9.93. The van der Waals surface area contributed by atoms with E-state index >= 15 is 0 Å². The van der Waals surface area contributed by atoms with Gasteiger partial charge in [-0.25, -0.2) is 4.98 Å². The zero-order valence-electron chi connectivity index (χ0n) is 21.4. The van der Waals surface area contributed by atoms with E-state index in [-0.39, 0.29) is 17.4 Å². The fraction of sp³-hybridized carbons (Fsp3) is 0.500. The number of imidazole rings is 1. The van der Waals surface area contributed by atoms with Crippen LogP contribution < -0.4 is 15.5 Å². The zero-order chi connectivity index (χ0) is 26.4. The summed E-state index contributed by atoms with van der Waals surface area (Å²) >= 11 is 6.91. The van der Waals surface area contributed by atoms with Crippen molar-refractivity contribution in [2.75, 3.05) is 48.3 Å². The van der Waals surface area contributed by atoms with Crippen molar-refractivity contribution in [1.82, 2.24) is 24.5 Å². The third kappa shape index (κ3) is 4.93. The average molecular weight is 533 g/mol. The fourth-order valence-corrected chi connectivity index (χ4v) is 5.46. The molecule has 2 aromatic heterocycles. The molecular weight excluding hydrogens is 504 g/mol. The Labute approximate surface area is 226 Å². The molecule has 11 nitrogen and oxygen atoms in total. The van der Waals surface area contributed by atoms with E-state index in [1.54, 1.807) is 6.07 Å². The van der Waals surface area contributed by atoms with Crippen molar-refractivity contribution in [2.24, 2.45) is 0 Å². The Kier molecular flexibility index (Phi) is 6.23. The Balaban J connectivity index is 1.23. The number of hydrogen-bond acceptors (Lipinski definition) is 9. The molecule has 3 fully saturated rings. The monoisotopic (exact) mass is 532 g/mol. The van der Waals surface area contributed by atoms with Crippen molar-refractivity contribution in [3.8, 4) is 6.07 Å². The fourth-order valence-electron chi connectivity index (χ4n) is 5.18.